The Bertz CT molecular complexity index is 564. The number of aryl methyl sites for hydroxylation is 1. The summed E-state index contributed by atoms with van der Waals surface area (Å²) in [5.74, 6) is 0. The van der Waals surface area contributed by atoms with E-state index in [9.17, 15) is 0 Å². The fourth-order valence-corrected chi connectivity index (χ4v) is 2.46. The van der Waals surface area contributed by atoms with Crippen molar-refractivity contribution in [3.8, 4) is 0 Å². The summed E-state index contributed by atoms with van der Waals surface area (Å²) in [6, 6.07) is 11.8. The molecule has 2 aromatic rings. The monoisotopic (exact) mass is 313 g/mol. The second-order valence-electron chi connectivity index (χ2n) is 4.23. The Labute approximate surface area is 128 Å². The molecule has 0 amide bonds. The van der Waals surface area contributed by atoms with Crippen LogP contribution in [0.1, 0.15) is 18.1 Å². The highest BCUT2D eigenvalue weighted by atomic mass is 35.5. The molecule has 2 rings (SSSR count). The first kappa shape index (κ1) is 14.5. The van der Waals surface area contributed by atoms with Gasteiger partial charge in [-0.05, 0) is 36.2 Å². The average molecular weight is 315 g/mol. The lowest BCUT2D eigenvalue weighted by Gasteiger charge is -2.11. The topological polar surface area (TPSA) is 12.0 Å². The van der Waals surface area contributed by atoms with Gasteiger partial charge in [-0.3, -0.25) is 0 Å². The van der Waals surface area contributed by atoms with Crippen LogP contribution in [-0.2, 0) is 13.0 Å². The van der Waals surface area contributed by atoms with Crippen molar-refractivity contribution in [1.29, 1.82) is 0 Å². The normalized spacial score (nSPS) is 10.5. The Hall–Kier alpha value is -0.890. The second-order valence-corrected chi connectivity index (χ2v) is 5.42. The molecular weight excluding hydrogens is 301 g/mol. The van der Waals surface area contributed by atoms with Crippen LogP contribution in [0.3, 0.4) is 0 Å². The highest BCUT2D eigenvalue weighted by Crippen LogP contribution is 2.31. The zero-order valence-electron chi connectivity index (χ0n) is 10.5. The maximum Gasteiger partial charge on any atom is 0.0657 e. The summed E-state index contributed by atoms with van der Waals surface area (Å²) in [5, 5.41) is 4.94. The quantitative estimate of drug-likeness (QED) is 0.701. The maximum atomic E-state index is 6.16. The minimum Gasteiger partial charge on any atom is -0.381 e. The van der Waals surface area contributed by atoms with Crippen molar-refractivity contribution in [3.63, 3.8) is 0 Å². The molecule has 2 aromatic carbocycles. The molecule has 4 heteroatoms. The number of hydrogen-bond donors (Lipinski definition) is 1. The van der Waals surface area contributed by atoms with E-state index in [0.29, 0.717) is 21.6 Å². The molecule has 100 valence electrons. The summed E-state index contributed by atoms with van der Waals surface area (Å²) in [4.78, 5) is 0. The van der Waals surface area contributed by atoms with Gasteiger partial charge in [-0.25, -0.2) is 0 Å². The van der Waals surface area contributed by atoms with Crippen molar-refractivity contribution >= 4 is 40.5 Å². The number of halogens is 3. The molecule has 0 aliphatic heterocycles. The minimum atomic E-state index is 0.506. The fourth-order valence-electron chi connectivity index (χ4n) is 1.78. The van der Waals surface area contributed by atoms with E-state index in [1.807, 2.05) is 12.1 Å². The van der Waals surface area contributed by atoms with E-state index in [-0.39, 0.29) is 0 Å². The molecule has 0 saturated heterocycles. The lowest BCUT2D eigenvalue weighted by Crippen LogP contribution is -2.01. The van der Waals surface area contributed by atoms with Gasteiger partial charge in [0, 0.05) is 22.8 Å². The van der Waals surface area contributed by atoms with E-state index in [1.165, 1.54) is 5.56 Å². The highest BCUT2D eigenvalue weighted by molar-refractivity contribution is 6.44. The fraction of sp³-hybridized carbons (Fsp3) is 0.200. The lowest BCUT2D eigenvalue weighted by atomic mass is 10.1. The van der Waals surface area contributed by atoms with Crippen LogP contribution in [0.15, 0.2) is 36.4 Å². The molecule has 0 aliphatic rings. The summed E-state index contributed by atoms with van der Waals surface area (Å²) in [6.07, 6.45) is 1.03. The van der Waals surface area contributed by atoms with E-state index in [0.717, 1.165) is 17.7 Å². The van der Waals surface area contributed by atoms with Gasteiger partial charge in [0.1, 0.15) is 0 Å². The molecule has 0 spiro atoms. The van der Waals surface area contributed by atoms with Gasteiger partial charge >= 0.3 is 0 Å². The van der Waals surface area contributed by atoms with Crippen LogP contribution in [0, 0.1) is 0 Å². The average Bonchev–Trinajstić information content (AvgIpc) is 2.44. The predicted octanol–water partition coefficient (Wildman–Crippen LogP) is 5.82. The largest absolute Gasteiger partial charge is 0.381 e. The number of nitrogens with one attached hydrogen (secondary N) is 1. The lowest BCUT2D eigenvalue weighted by molar-refractivity contribution is 1.12. The van der Waals surface area contributed by atoms with Gasteiger partial charge in [-0.1, -0.05) is 53.9 Å². The summed E-state index contributed by atoms with van der Waals surface area (Å²) < 4.78 is 0. The van der Waals surface area contributed by atoms with Crippen LogP contribution in [-0.4, -0.2) is 0 Å². The molecular formula is C15H14Cl3N. The van der Waals surface area contributed by atoms with E-state index in [2.05, 4.69) is 24.4 Å². The smallest absolute Gasteiger partial charge is 0.0657 e. The third kappa shape index (κ3) is 3.56. The van der Waals surface area contributed by atoms with Gasteiger partial charge in [0.25, 0.3) is 0 Å². The van der Waals surface area contributed by atoms with Crippen LogP contribution in [0.5, 0.6) is 0 Å². The molecule has 0 unspecified atom stereocenters. The SMILES string of the molecule is CCc1ccc(NCc2c(Cl)ccc(Cl)c2Cl)cc1. The van der Waals surface area contributed by atoms with Crippen molar-refractivity contribution < 1.29 is 0 Å². The molecule has 0 fully saturated rings. The van der Waals surface area contributed by atoms with Crippen molar-refractivity contribution in [3.05, 3.63) is 62.6 Å². The predicted molar refractivity (Wildman–Crippen MR) is 84.6 cm³/mol. The third-order valence-electron chi connectivity index (χ3n) is 2.97. The van der Waals surface area contributed by atoms with E-state index >= 15 is 0 Å². The highest BCUT2D eigenvalue weighted by Gasteiger charge is 2.09. The standard InChI is InChI=1S/C15H14Cl3N/c1-2-10-3-5-11(6-4-10)19-9-12-13(16)7-8-14(17)15(12)18/h3-8,19H,2,9H2,1H3. The first-order valence-electron chi connectivity index (χ1n) is 6.07. The summed E-state index contributed by atoms with van der Waals surface area (Å²) >= 11 is 18.3. The molecule has 0 saturated carbocycles. The molecule has 19 heavy (non-hydrogen) atoms. The third-order valence-corrected chi connectivity index (χ3v) is 4.17. The van der Waals surface area contributed by atoms with Crippen LogP contribution in [0.2, 0.25) is 15.1 Å². The molecule has 0 heterocycles. The van der Waals surface area contributed by atoms with Gasteiger partial charge in [0.2, 0.25) is 0 Å². The van der Waals surface area contributed by atoms with Crippen LogP contribution in [0.4, 0.5) is 5.69 Å². The van der Waals surface area contributed by atoms with Crippen LogP contribution >= 0.6 is 34.8 Å². The molecule has 0 radical (unpaired) electrons. The molecule has 0 bridgehead atoms. The number of rotatable bonds is 4. The van der Waals surface area contributed by atoms with Crippen molar-refractivity contribution in [2.45, 2.75) is 19.9 Å². The molecule has 1 N–H and O–H groups in total. The van der Waals surface area contributed by atoms with Crippen LogP contribution < -0.4 is 5.32 Å². The van der Waals surface area contributed by atoms with Crippen molar-refractivity contribution in [2.24, 2.45) is 0 Å². The number of anilines is 1. The summed E-state index contributed by atoms with van der Waals surface area (Å²) in [7, 11) is 0. The number of hydrogen-bond acceptors (Lipinski definition) is 1. The van der Waals surface area contributed by atoms with Crippen molar-refractivity contribution in [1.82, 2.24) is 0 Å². The van der Waals surface area contributed by atoms with Gasteiger partial charge in [0.15, 0.2) is 0 Å². The summed E-state index contributed by atoms with van der Waals surface area (Å²) in [5.41, 5.74) is 3.16. The molecule has 1 nitrogen and oxygen atoms in total. The minimum absolute atomic E-state index is 0.506. The van der Waals surface area contributed by atoms with Gasteiger partial charge in [-0.15, -0.1) is 0 Å². The van der Waals surface area contributed by atoms with Gasteiger partial charge in [-0.2, -0.15) is 0 Å². The zero-order chi connectivity index (χ0) is 13.8. The number of benzene rings is 2. The van der Waals surface area contributed by atoms with Gasteiger partial charge < -0.3 is 5.32 Å². The Morgan fingerprint density at radius 3 is 2.16 bits per heavy atom. The van der Waals surface area contributed by atoms with E-state index < -0.39 is 0 Å². The van der Waals surface area contributed by atoms with E-state index in [4.69, 9.17) is 34.8 Å². The van der Waals surface area contributed by atoms with Crippen LogP contribution in [0.25, 0.3) is 0 Å². The Kier molecular flexibility index (Phi) is 4.98. The second kappa shape index (κ2) is 6.51. The summed E-state index contributed by atoms with van der Waals surface area (Å²) in [6.45, 7) is 2.68. The first-order valence-corrected chi connectivity index (χ1v) is 7.20. The Morgan fingerprint density at radius 1 is 0.895 bits per heavy atom. The van der Waals surface area contributed by atoms with Gasteiger partial charge in [0.05, 0.1) is 10.0 Å². The molecule has 0 aromatic heterocycles. The van der Waals surface area contributed by atoms with Crippen molar-refractivity contribution in [2.75, 3.05) is 5.32 Å². The maximum absolute atomic E-state index is 6.16. The molecule has 0 atom stereocenters. The zero-order valence-corrected chi connectivity index (χ0v) is 12.8. The van der Waals surface area contributed by atoms with E-state index in [1.54, 1.807) is 12.1 Å². The Morgan fingerprint density at radius 2 is 1.53 bits per heavy atom. The first-order chi connectivity index (χ1) is 9.11. The molecule has 0 aliphatic carbocycles. The Balaban J connectivity index is 2.12.